The second kappa shape index (κ2) is 6.29. The highest BCUT2D eigenvalue weighted by Crippen LogP contribution is 2.30. The molecular formula is C13H14N2O3S. The van der Waals surface area contributed by atoms with Crippen LogP contribution in [0.3, 0.4) is 0 Å². The highest BCUT2D eigenvalue weighted by atomic mass is 32.2. The maximum absolute atomic E-state index is 5.55. The zero-order valence-corrected chi connectivity index (χ0v) is 11.6. The van der Waals surface area contributed by atoms with Crippen LogP contribution in [-0.2, 0) is 0 Å². The Morgan fingerprint density at radius 2 is 1.89 bits per heavy atom. The smallest absolute Gasteiger partial charge is 0.277 e. The molecule has 0 unspecified atom stereocenters. The van der Waals surface area contributed by atoms with Gasteiger partial charge in [-0.2, -0.15) is 0 Å². The van der Waals surface area contributed by atoms with Crippen molar-refractivity contribution in [3.63, 3.8) is 0 Å². The van der Waals surface area contributed by atoms with Crippen molar-refractivity contribution in [2.75, 3.05) is 20.0 Å². The lowest BCUT2D eigenvalue weighted by atomic mass is 10.2. The van der Waals surface area contributed by atoms with Gasteiger partial charge < -0.3 is 13.9 Å². The van der Waals surface area contributed by atoms with Gasteiger partial charge in [0.25, 0.3) is 5.22 Å². The van der Waals surface area contributed by atoms with Crippen molar-refractivity contribution in [1.82, 2.24) is 10.2 Å². The molecule has 2 aromatic rings. The molecule has 0 bridgehead atoms. The summed E-state index contributed by atoms with van der Waals surface area (Å²) in [7, 11) is 3.19. The van der Waals surface area contributed by atoms with Crippen LogP contribution in [0.4, 0.5) is 0 Å². The number of thioether (sulfide) groups is 1. The molecule has 0 amide bonds. The second-order valence-electron chi connectivity index (χ2n) is 3.57. The Kier molecular flexibility index (Phi) is 4.46. The van der Waals surface area contributed by atoms with Crippen LogP contribution in [0.25, 0.3) is 11.5 Å². The summed E-state index contributed by atoms with van der Waals surface area (Å²) in [6.07, 6.45) is 1.78. The van der Waals surface area contributed by atoms with Gasteiger partial charge >= 0.3 is 0 Å². The van der Waals surface area contributed by atoms with Crippen LogP contribution in [0, 0.1) is 0 Å². The van der Waals surface area contributed by atoms with Gasteiger partial charge in [0.05, 0.1) is 14.2 Å². The van der Waals surface area contributed by atoms with Crippen molar-refractivity contribution in [3.05, 3.63) is 30.9 Å². The average Bonchev–Trinajstić information content (AvgIpc) is 2.93. The lowest BCUT2D eigenvalue weighted by Gasteiger charge is -2.05. The maximum atomic E-state index is 5.55. The fraction of sp³-hybridized carbons (Fsp3) is 0.231. The lowest BCUT2D eigenvalue weighted by molar-refractivity contribution is 0.394. The highest BCUT2D eigenvalue weighted by molar-refractivity contribution is 7.99. The van der Waals surface area contributed by atoms with Gasteiger partial charge in [0.1, 0.15) is 11.5 Å². The molecule has 1 aromatic heterocycles. The molecule has 0 aliphatic carbocycles. The number of hydrogen-bond donors (Lipinski definition) is 0. The molecule has 0 spiro atoms. The summed E-state index contributed by atoms with van der Waals surface area (Å²) >= 11 is 1.43. The summed E-state index contributed by atoms with van der Waals surface area (Å²) in [5.74, 6) is 2.51. The zero-order valence-electron chi connectivity index (χ0n) is 10.8. The van der Waals surface area contributed by atoms with E-state index in [-0.39, 0.29) is 0 Å². The molecule has 100 valence electrons. The van der Waals surface area contributed by atoms with E-state index in [1.807, 2.05) is 12.1 Å². The predicted molar refractivity (Wildman–Crippen MR) is 73.8 cm³/mol. The maximum Gasteiger partial charge on any atom is 0.277 e. The first-order valence-electron chi connectivity index (χ1n) is 5.57. The van der Waals surface area contributed by atoms with Gasteiger partial charge in [-0.05, 0) is 12.1 Å². The van der Waals surface area contributed by atoms with Gasteiger partial charge in [-0.15, -0.1) is 16.8 Å². The average molecular weight is 278 g/mol. The summed E-state index contributed by atoms with van der Waals surface area (Å²) in [4.78, 5) is 0. The Hall–Kier alpha value is -1.95. The van der Waals surface area contributed by atoms with Crippen LogP contribution >= 0.6 is 11.8 Å². The minimum absolute atomic E-state index is 0.434. The highest BCUT2D eigenvalue weighted by Gasteiger charge is 2.11. The summed E-state index contributed by atoms with van der Waals surface area (Å²) < 4.78 is 16.0. The fourth-order valence-electron chi connectivity index (χ4n) is 1.45. The van der Waals surface area contributed by atoms with E-state index >= 15 is 0 Å². The number of ether oxygens (including phenoxy) is 2. The van der Waals surface area contributed by atoms with E-state index in [1.54, 1.807) is 26.4 Å². The quantitative estimate of drug-likeness (QED) is 0.598. The molecule has 1 heterocycles. The molecule has 0 aliphatic rings. The monoisotopic (exact) mass is 278 g/mol. The van der Waals surface area contributed by atoms with E-state index < -0.39 is 0 Å². The number of benzene rings is 1. The Morgan fingerprint density at radius 1 is 1.21 bits per heavy atom. The van der Waals surface area contributed by atoms with Gasteiger partial charge in [0.2, 0.25) is 5.89 Å². The SMILES string of the molecule is C=CCSc1nnc(-c2cc(OC)cc(OC)c2)o1. The second-order valence-corrected chi connectivity index (χ2v) is 4.55. The summed E-state index contributed by atoms with van der Waals surface area (Å²) in [5.41, 5.74) is 0.758. The van der Waals surface area contributed by atoms with Crippen molar-refractivity contribution in [2.24, 2.45) is 0 Å². The van der Waals surface area contributed by atoms with Crippen molar-refractivity contribution >= 4 is 11.8 Å². The molecule has 2 rings (SSSR count). The summed E-state index contributed by atoms with van der Waals surface area (Å²) in [6.45, 7) is 3.64. The predicted octanol–water partition coefficient (Wildman–Crippen LogP) is 3.03. The van der Waals surface area contributed by atoms with E-state index in [1.165, 1.54) is 11.8 Å². The number of hydrogen-bond acceptors (Lipinski definition) is 6. The van der Waals surface area contributed by atoms with Crippen LogP contribution in [0.5, 0.6) is 11.5 Å². The van der Waals surface area contributed by atoms with Gasteiger partial charge in [-0.25, -0.2) is 0 Å². The van der Waals surface area contributed by atoms with Crippen LogP contribution in [-0.4, -0.2) is 30.2 Å². The van der Waals surface area contributed by atoms with Crippen LogP contribution in [0.1, 0.15) is 0 Å². The molecule has 0 saturated heterocycles. The van der Waals surface area contributed by atoms with Crippen molar-refractivity contribution in [1.29, 1.82) is 0 Å². The largest absolute Gasteiger partial charge is 0.497 e. The van der Waals surface area contributed by atoms with Crippen LogP contribution < -0.4 is 9.47 Å². The Labute approximate surface area is 115 Å². The molecule has 0 N–H and O–H groups in total. The van der Waals surface area contributed by atoms with Crippen molar-refractivity contribution in [3.8, 4) is 23.0 Å². The van der Waals surface area contributed by atoms with E-state index in [9.17, 15) is 0 Å². The molecular weight excluding hydrogens is 264 g/mol. The molecule has 0 radical (unpaired) electrons. The normalized spacial score (nSPS) is 10.2. The van der Waals surface area contributed by atoms with E-state index in [0.29, 0.717) is 22.6 Å². The first kappa shape index (κ1) is 13.5. The number of nitrogens with zero attached hydrogens (tertiary/aromatic N) is 2. The molecule has 0 fully saturated rings. The molecule has 1 aromatic carbocycles. The van der Waals surface area contributed by atoms with Gasteiger partial charge in [0, 0.05) is 17.4 Å². The minimum Gasteiger partial charge on any atom is -0.497 e. The number of aromatic nitrogens is 2. The van der Waals surface area contributed by atoms with Gasteiger partial charge in [-0.3, -0.25) is 0 Å². The first-order valence-corrected chi connectivity index (χ1v) is 6.56. The van der Waals surface area contributed by atoms with Gasteiger partial charge in [0.15, 0.2) is 0 Å². The Morgan fingerprint density at radius 3 is 2.47 bits per heavy atom. The van der Waals surface area contributed by atoms with Crippen molar-refractivity contribution in [2.45, 2.75) is 5.22 Å². The topological polar surface area (TPSA) is 57.4 Å². The standard InChI is InChI=1S/C13H14N2O3S/c1-4-5-19-13-15-14-12(18-13)9-6-10(16-2)8-11(7-9)17-3/h4,6-8H,1,5H2,2-3H3. The third-order valence-electron chi connectivity index (χ3n) is 2.33. The first-order chi connectivity index (χ1) is 9.26. The fourth-order valence-corrected chi connectivity index (χ4v) is 1.94. The van der Waals surface area contributed by atoms with E-state index in [2.05, 4.69) is 16.8 Å². The summed E-state index contributed by atoms with van der Waals surface area (Å²) in [6, 6.07) is 5.42. The molecule has 0 aliphatic heterocycles. The lowest BCUT2D eigenvalue weighted by Crippen LogP contribution is -1.88. The minimum atomic E-state index is 0.434. The Bertz CT molecular complexity index is 547. The van der Waals surface area contributed by atoms with Gasteiger partial charge in [-0.1, -0.05) is 17.8 Å². The zero-order chi connectivity index (χ0) is 13.7. The van der Waals surface area contributed by atoms with E-state index in [4.69, 9.17) is 13.9 Å². The third-order valence-corrected chi connectivity index (χ3v) is 3.14. The molecule has 5 nitrogen and oxygen atoms in total. The summed E-state index contributed by atoms with van der Waals surface area (Å²) in [5, 5.41) is 8.48. The van der Waals surface area contributed by atoms with Crippen LogP contribution in [0.2, 0.25) is 0 Å². The molecule has 6 heteroatoms. The van der Waals surface area contributed by atoms with Crippen molar-refractivity contribution < 1.29 is 13.9 Å². The van der Waals surface area contributed by atoms with E-state index in [0.717, 1.165) is 11.3 Å². The number of methoxy groups -OCH3 is 2. The van der Waals surface area contributed by atoms with Crippen LogP contribution in [0.15, 0.2) is 40.5 Å². The third kappa shape index (κ3) is 3.29. The Balaban J connectivity index is 2.29. The molecule has 0 atom stereocenters. The number of rotatable bonds is 6. The molecule has 19 heavy (non-hydrogen) atoms. The molecule has 0 saturated carbocycles.